The molecular formula is C23H25N5O2. The summed E-state index contributed by atoms with van der Waals surface area (Å²) in [5.41, 5.74) is 4.73. The molecule has 1 N–H and O–H groups in total. The summed E-state index contributed by atoms with van der Waals surface area (Å²) in [7, 11) is 0. The van der Waals surface area contributed by atoms with E-state index in [0.29, 0.717) is 37.3 Å². The first kappa shape index (κ1) is 19.9. The molecule has 30 heavy (non-hydrogen) atoms. The van der Waals surface area contributed by atoms with E-state index in [-0.39, 0.29) is 17.7 Å². The Morgan fingerprint density at radius 1 is 0.933 bits per heavy atom. The van der Waals surface area contributed by atoms with Crippen LogP contribution in [0.3, 0.4) is 0 Å². The van der Waals surface area contributed by atoms with Gasteiger partial charge in [-0.3, -0.25) is 9.59 Å². The quantitative estimate of drug-likeness (QED) is 0.724. The first-order chi connectivity index (χ1) is 14.4. The van der Waals surface area contributed by atoms with Gasteiger partial charge in [0.2, 0.25) is 5.91 Å². The van der Waals surface area contributed by atoms with E-state index in [0.717, 1.165) is 28.1 Å². The van der Waals surface area contributed by atoms with E-state index in [1.54, 1.807) is 18.2 Å². The number of likely N-dealkylation sites (tertiary alicyclic amines) is 1. The van der Waals surface area contributed by atoms with Crippen molar-refractivity contribution in [3.8, 4) is 0 Å². The van der Waals surface area contributed by atoms with Gasteiger partial charge in [0, 0.05) is 30.3 Å². The maximum absolute atomic E-state index is 13.0. The maximum atomic E-state index is 13.0. The second-order valence-corrected chi connectivity index (χ2v) is 7.82. The van der Waals surface area contributed by atoms with Gasteiger partial charge in [-0.05, 0) is 63.9 Å². The van der Waals surface area contributed by atoms with E-state index >= 15 is 0 Å². The molecule has 7 nitrogen and oxygen atoms in total. The number of hydrogen-bond acceptors (Lipinski definition) is 5. The Morgan fingerprint density at radius 3 is 2.33 bits per heavy atom. The lowest BCUT2D eigenvalue weighted by atomic mass is 9.95. The van der Waals surface area contributed by atoms with Gasteiger partial charge in [-0.1, -0.05) is 6.07 Å². The number of rotatable bonds is 3. The molecule has 2 amide bonds. The fourth-order valence-electron chi connectivity index (χ4n) is 3.73. The maximum Gasteiger partial charge on any atom is 0.253 e. The number of nitrogens with zero attached hydrogens (tertiary/aromatic N) is 4. The minimum Gasteiger partial charge on any atom is -0.339 e. The number of piperidine rings is 1. The molecule has 7 heteroatoms. The summed E-state index contributed by atoms with van der Waals surface area (Å²) in [5.74, 6) is 0.383. The van der Waals surface area contributed by atoms with Crippen LogP contribution in [0.4, 0.5) is 5.82 Å². The standard InChI is InChI=1S/C23H25N5O2/c1-14-5-4-6-21(24-14)27-22(29)17-9-11-28(12-10-17)23(30)18-7-8-19-20(13-18)26-16(3)15(2)25-19/h4-8,13,17H,9-12H2,1-3H3,(H,24,27,29). The topological polar surface area (TPSA) is 88.1 Å². The number of anilines is 1. The molecule has 0 atom stereocenters. The van der Waals surface area contributed by atoms with Crippen LogP contribution in [0.15, 0.2) is 36.4 Å². The van der Waals surface area contributed by atoms with Gasteiger partial charge in [0.25, 0.3) is 5.91 Å². The van der Waals surface area contributed by atoms with Crippen molar-refractivity contribution >= 4 is 28.7 Å². The molecule has 4 rings (SSSR count). The number of carbonyl (C=O) groups is 2. The minimum absolute atomic E-state index is 0.0314. The minimum atomic E-state index is -0.121. The normalized spacial score (nSPS) is 14.7. The summed E-state index contributed by atoms with van der Waals surface area (Å²) in [4.78, 5) is 40.7. The van der Waals surface area contributed by atoms with Crippen LogP contribution < -0.4 is 5.32 Å². The zero-order chi connectivity index (χ0) is 21.3. The van der Waals surface area contributed by atoms with Crippen LogP contribution in [0, 0.1) is 26.7 Å². The Hall–Kier alpha value is -3.35. The summed E-state index contributed by atoms with van der Waals surface area (Å²) >= 11 is 0. The molecule has 1 aliphatic rings. The highest BCUT2D eigenvalue weighted by molar-refractivity contribution is 5.97. The van der Waals surface area contributed by atoms with E-state index < -0.39 is 0 Å². The van der Waals surface area contributed by atoms with E-state index in [2.05, 4.69) is 20.3 Å². The molecular weight excluding hydrogens is 378 g/mol. The second-order valence-electron chi connectivity index (χ2n) is 7.82. The monoisotopic (exact) mass is 403 g/mol. The number of fused-ring (bicyclic) bond motifs is 1. The first-order valence-corrected chi connectivity index (χ1v) is 10.2. The number of aromatic nitrogens is 3. The zero-order valence-corrected chi connectivity index (χ0v) is 17.5. The third-order valence-electron chi connectivity index (χ3n) is 5.61. The van der Waals surface area contributed by atoms with Gasteiger partial charge in [0.15, 0.2) is 0 Å². The summed E-state index contributed by atoms with van der Waals surface area (Å²) in [6.45, 7) is 6.83. The molecule has 1 aliphatic heterocycles. The molecule has 0 spiro atoms. The molecule has 0 bridgehead atoms. The number of pyridine rings is 1. The average Bonchev–Trinajstić information content (AvgIpc) is 2.74. The van der Waals surface area contributed by atoms with Crippen molar-refractivity contribution in [2.45, 2.75) is 33.6 Å². The number of amides is 2. The van der Waals surface area contributed by atoms with Gasteiger partial charge in [0.05, 0.1) is 22.4 Å². The predicted octanol–water partition coefficient (Wildman–Crippen LogP) is 3.44. The Balaban J connectivity index is 1.40. The fraction of sp³-hybridized carbons (Fsp3) is 0.348. The van der Waals surface area contributed by atoms with Crippen molar-refractivity contribution in [3.05, 3.63) is 59.0 Å². The smallest absolute Gasteiger partial charge is 0.253 e. The summed E-state index contributed by atoms with van der Waals surface area (Å²) in [6, 6.07) is 11.0. The number of aryl methyl sites for hydroxylation is 3. The predicted molar refractivity (Wildman–Crippen MR) is 115 cm³/mol. The summed E-state index contributed by atoms with van der Waals surface area (Å²) in [6.07, 6.45) is 1.27. The zero-order valence-electron chi connectivity index (χ0n) is 17.5. The van der Waals surface area contributed by atoms with Gasteiger partial charge >= 0.3 is 0 Å². The molecule has 0 aliphatic carbocycles. The Kier molecular flexibility index (Phi) is 5.44. The number of benzene rings is 1. The van der Waals surface area contributed by atoms with Gasteiger partial charge in [-0.25, -0.2) is 15.0 Å². The van der Waals surface area contributed by atoms with Crippen molar-refractivity contribution < 1.29 is 9.59 Å². The van der Waals surface area contributed by atoms with Crippen molar-refractivity contribution in [2.24, 2.45) is 5.92 Å². The Morgan fingerprint density at radius 2 is 1.63 bits per heavy atom. The molecule has 1 aromatic carbocycles. The fourth-order valence-corrected chi connectivity index (χ4v) is 3.73. The highest BCUT2D eigenvalue weighted by atomic mass is 16.2. The Bertz CT molecular complexity index is 1120. The molecule has 3 aromatic rings. The van der Waals surface area contributed by atoms with Crippen LogP contribution in [0.5, 0.6) is 0 Å². The third-order valence-corrected chi connectivity index (χ3v) is 5.61. The number of hydrogen-bond donors (Lipinski definition) is 1. The lowest BCUT2D eigenvalue weighted by Crippen LogP contribution is -2.41. The van der Waals surface area contributed by atoms with E-state index in [1.165, 1.54) is 0 Å². The van der Waals surface area contributed by atoms with Crippen LogP contribution in [-0.4, -0.2) is 44.8 Å². The van der Waals surface area contributed by atoms with Crippen LogP contribution in [0.2, 0.25) is 0 Å². The van der Waals surface area contributed by atoms with Gasteiger partial charge in [0.1, 0.15) is 5.82 Å². The van der Waals surface area contributed by atoms with E-state index in [1.807, 2.05) is 43.9 Å². The van der Waals surface area contributed by atoms with Crippen molar-refractivity contribution in [3.63, 3.8) is 0 Å². The molecule has 1 fully saturated rings. The largest absolute Gasteiger partial charge is 0.339 e. The lowest BCUT2D eigenvalue weighted by molar-refractivity contribution is -0.121. The van der Waals surface area contributed by atoms with E-state index in [4.69, 9.17) is 0 Å². The SMILES string of the molecule is Cc1cccc(NC(=O)C2CCN(C(=O)c3ccc4nc(C)c(C)nc4c3)CC2)n1. The molecule has 0 radical (unpaired) electrons. The number of carbonyl (C=O) groups excluding carboxylic acids is 2. The van der Waals surface area contributed by atoms with Crippen molar-refractivity contribution in [2.75, 3.05) is 18.4 Å². The van der Waals surface area contributed by atoms with Crippen LogP contribution >= 0.6 is 0 Å². The highest BCUT2D eigenvalue weighted by Gasteiger charge is 2.28. The van der Waals surface area contributed by atoms with Crippen LogP contribution in [0.1, 0.15) is 40.3 Å². The second kappa shape index (κ2) is 8.18. The van der Waals surface area contributed by atoms with Crippen LogP contribution in [0.25, 0.3) is 11.0 Å². The van der Waals surface area contributed by atoms with E-state index in [9.17, 15) is 9.59 Å². The average molecular weight is 403 g/mol. The first-order valence-electron chi connectivity index (χ1n) is 10.2. The van der Waals surface area contributed by atoms with Gasteiger partial charge < -0.3 is 10.2 Å². The third kappa shape index (κ3) is 4.15. The summed E-state index contributed by atoms with van der Waals surface area (Å²) < 4.78 is 0. The molecule has 0 saturated carbocycles. The van der Waals surface area contributed by atoms with Gasteiger partial charge in [-0.15, -0.1) is 0 Å². The van der Waals surface area contributed by atoms with Crippen molar-refractivity contribution in [1.29, 1.82) is 0 Å². The van der Waals surface area contributed by atoms with Crippen molar-refractivity contribution in [1.82, 2.24) is 19.9 Å². The molecule has 3 heterocycles. The Labute approximate surface area is 175 Å². The molecule has 1 saturated heterocycles. The molecule has 154 valence electrons. The molecule has 0 unspecified atom stereocenters. The highest BCUT2D eigenvalue weighted by Crippen LogP contribution is 2.22. The summed E-state index contributed by atoms with van der Waals surface area (Å²) in [5, 5.41) is 2.89. The molecule has 2 aromatic heterocycles. The lowest BCUT2D eigenvalue weighted by Gasteiger charge is -2.31. The van der Waals surface area contributed by atoms with Crippen LogP contribution in [-0.2, 0) is 4.79 Å². The van der Waals surface area contributed by atoms with Gasteiger partial charge in [-0.2, -0.15) is 0 Å². The number of nitrogens with one attached hydrogen (secondary N) is 1.